The Morgan fingerprint density at radius 3 is 2.86 bits per heavy atom. The number of nitrogens with one attached hydrogen (secondary N) is 1. The van der Waals surface area contributed by atoms with E-state index >= 15 is 0 Å². The Labute approximate surface area is 129 Å². The highest BCUT2D eigenvalue weighted by Gasteiger charge is 2.12. The van der Waals surface area contributed by atoms with Crippen LogP contribution in [0.1, 0.15) is 23.1 Å². The molecule has 2 aromatic rings. The van der Waals surface area contributed by atoms with E-state index < -0.39 is 0 Å². The number of halogens is 1. The summed E-state index contributed by atoms with van der Waals surface area (Å²) in [6, 6.07) is 10.3. The lowest BCUT2D eigenvalue weighted by Crippen LogP contribution is -2.20. The third kappa shape index (κ3) is 3.27. The predicted molar refractivity (Wildman–Crippen MR) is 83.7 cm³/mol. The van der Waals surface area contributed by atoms with Crippen LogP contribution < -0.4 is 10.1 Å². The predicted octanol–water partition coefficient (Wildman–Crippen LogP) is 3.64. The van der Waals surface area contributed by atoms with Crippen molar-refractivity contribution in [1.82, 2.24) is 0 Å². The molecule has 0 aliphatic heterocycles. The maximum atomic E-state index is 13.2. The molecule has 1 N–H and O–H groups in total. The van der Waals surface area contributed by atoms with Crippen molar-refractivity contribution >= 4 is 11.6 Å². The van der Waals surface area contributed by atoms with Gasteiger partial charge >= 0.3 is 0 Å². The first kappa shape index (κ1) is 14.6. The van der Waals surface area contributed by atoms with Crippen molar-refractivity contribution in [1.29, 1.82) is 0 Å². The van der Waals surface area contributed by atoms with Crippen LogP contribution in [0.4, 0.5) is 10.1 Å². The van der Waals surface area contributed by atoms with E-state index in [-0.39, 0.29) is 18.3 Å². The summed E-state index contributed by atoms with van der Waals surface area (Å²) in [7, 11) is 0. The Bertz CT molecular complexity index is 712. The molecule has 0 aromatic heterocycles. The van der Waals surface area contributed by atoms with Crippen molar-refractivity contribution in [3.05, 3.63) is 58.9 Å². The molecule has 114 valence electrons. The van der Waals surface area contributed by atoms with Crippen LogP contribution in [-0.2, 0) is 17.6 Å². The molecule has 0 unspecified atom stereocenters. The van der Waals surface area contributed by atoms with Gasteiger partial charge in [0, 0.05) is 5.69 Å². The summed E-state index contributed by atoms with van der Waals surface area (Å²) < 4.78 is 18.7. The van der Waals surface area contributed by atoms with Crippen LogP contribution in [0.3, 0.4) is 0 Å². The van der Waals surface area contributed by atoms with Gasteiger partial charge in [-0.05, 0) is 67.1 Å². The average molecular weight is 299 g/mol. The zero-order valence-corrected chi connectivity index (χ0v) is 12.5. The monoisotopic (exact) mass is 299 g/mol. The molecule has 0 spiro atoms. The fourth-order valence-electron chi connectivity index (χ4n) is 2.70. The van der Waals surface area contributed by atoms with Crippen molar-refractivity contribution in [2.45, 2.75) is 26.2 Å². The van der Waals surface area contributed by atoms with Crippen molar-refractivity contribution in [2.75, 3.05) is 11.9 Å². The molecule has 3 nitrogen and oxygen atoms in total. The number of hydrogen-bond acceptors (Lipinski definition) is 2. The first-order chi connectivity index (χ1) is 10.6. The SMILES string of the molecule is Cc1ccc(F)cc1NC(=O)COc1ccc2c(c1)CCC2. The maximum Gasteiger partial charge on any atom is 0.262 e. The molecule has 1 aliphatic carbocycles. The van der Waals surface area contributed by atoms with E-state index in [1.54, 1.807) is 6.07 Å². The van der Waals surface area contributed by atoms with Crippen molar-refractivity contribution < 1.29 is 13.9 Å². The van der Waals surface area contributed by atoms with Crippen LogP contribution >= 0.6 is 0 Å². The van der Waals surface area contributed by atoms with Gasteiger partial charge in [0.05, 0.1) is 0 Å². The van der Waals surface area contributed by atoms with Gasteiger partial charge in [-0.2, -0.15) is 0 Å². The second-order valence-electron chi connectivity index (χ2n) is 5.58. The summed E-state index contributed by atoms with van der Waals surface area (Å²) in [5.74, 6) is 0.0291. The lowest BCUT2D eigenvalue weighted by atomic mass is 10.1. The molecule has 4 heteroatoms. The van der Waals surface area contributed by atoms with E-state index in [2.05, 4.69) is 11.4 Å². The van der Waals surface area contributed by atoms with Gasteiger partial charge in [0.15, 0.2) is 6.61 Å². The molecule has 0 atom stereocenters. The summed E-state index contributed by atoms with van der Waals surface area (Å²) in [4.78, 5) is 11.9. The fourth-order valence-corrected chi connectivity index (χ4v) is 2.70. The molecule has 0 saturated carbocycles. The smallest absolute Gasteiger partial charge is 0.262 e. The highest BCUT2D eigenvalue weighted by molar-refractivity contribution is 5.92. The molecule has 0 heterocycles. The standard InChI is InChI=1S/C18H18FNO2/c1-12-5-7-15(19)10-17(12)20-18(21)11-22-16-8-6-13-3-2-4-14(13)9-16/h5-10H,2-4,11H2,1H3,(H,20,21). The average Bonchev–Trinajstić information content (AvgIpc) is 2.96. The number of benzene rings is 2. The highest BCUT2D eigenvalue weighted by Crippen LogP contribution is 2.26. The van der Waals surface area contributed by atoms with E-state index in [0.29, 0.717) is 11.4 Å². The van der Waals surface area contributed by atoms with Gasteiger partial charge < -0.3 is 10.1 Å². The van der Waals surface area contributed by atoms with E-state index in [0.717, 1.165) is 18.4 Å². The number of amides is 1. The van der Waals surface area contributed by atoms with Crippen LogP contribution in [-0.4, -0.2) is 12.5 Å². The molecule has 0 fully saturated rings. The number of aryl methyl sites for hydroxylation is 3. The van der Waals surface area contributed by atoms with Gasteiger partial charge in [0.25, 0.3) is 5.91 Å². The molecule has 22 heavy (non-hydrogen) atoms. The summed E-state index contributed by atoms with van der Waals surface area (Å²) in [6.07, 6.45) is 3.37. The summed E-state index contributed by atoms with van der Waals surface area (Å²) in [6.45, 7) is 1.73. The topological polar surface area (TPSA) is 38.3 Å². The van der Waals surface area contributed by atoms with Gasteiger partial charge in [0.1, 0.15) is 11.6 Å². The van der Waals surface area contributed by atoms with Gasteiger partial charge in [-0.3, -0.25) is 4.79 Å². The van der Waals surface area contributed by atoms with Crippen molar-refractivity contribution in [3.8, 4) is 5.75 Å². The third-order valence-electron chi connectivity index (χ3n) is 3.91. The van der Waals surface area contributed by atoms with Crippen LogP contribution in [0.15, 0.2) is 36.4 Å². The summed E-state index contributed by atoms with van der Waals surface area (Å²) >= 11 is 0. The molecular formula is C18H18FNO2. The number of hydrogen-bond donors (Lipinski definition) is 1. The molecule has 0 bridgehead atoms. The second-order valence-corrected chi connectivity index (χ2v) is 5.58. The maximum absolute atomic E-state index is 13.2. The number of carbonyl (C=O) groups is 1. The molecule has 0 saturated heterocycles. The molecule has 1 amide bonds. The van der Waals surface area contributed by atoms with Gasteiger partial charge in [-0.25, -0.2) is 4.39 Å². The highest BCUT2D eigenvalue weighted by atomic mass is 19.1. The zero-order valence-electron chi connectivity index (χ0n) is 12.5. The van der Waals surface area contributed by atoms with E-state index in [1.807, 2.05) is 19.1 Å². The van der Waals surface area contributed by atoms with Crippen molar-refractivity contribution in [2.24, 2.45) is 0 Å². The number of carbonyl (C=O) groups excluding carboxylic acids is 1. The fraction of sp³-hybridized carbons (Fsp3) is 0.278. The van der Waals surface area contributed by atoms with E-state index in [1.165, 1.54) is 29.7 Å². The Kier molecular flexibility index (Phi) is 4.09. The normalized spacial score (nSPS) is 12.8. The van der Waals surface area contributed by atoms with E-state index in [9.17, 15) is 9.18 Å². The second kappa shape index (κ2) is 6.18. The number of ether oxygens (including phenoxy) is 1. The number of fused-ring (bicyclic) bond motifs is 1. The minimum Gasteiger partial charge on any atom is -0.484 e. The lowest BCUT2D eigenvalue weighted by molar-refractivity contribution is -0.118. The Hall–Kier alpha value is -2.36. The summed E-state index contributed by atoms with van der Waals surface area (Å²) in [5, 5.41) is 2.67. The number of anilines is 1. The zero-order chi connectivity index (χ0) is 15.5. The minimum absolute atomic E-state index is 0.0886. The number of rotatable bonds is 4. The molecule has 1 aliphatic rings. The molecular weight excluding hydrogens is 281 g/mol. The Balaban J connectivity index is 1.59. The van der Waals surface area contributed by atoms with Gasteiger partial charge in [0.2, 0.25) is 0 Å². The van der Waals surface area contributed by atoms with Crippen LogP contribution in [0, 0.1) is 12.7 Å². The Morgan fingerprint density at radius 1 is 1.18 bits per heavy atom. The molecule has 0 radical (unpaired) electrons. The van der Waals surface area contributed by atoms with Gasteiger partial charge in [-0.1, -0.05) is 12.1 Å². The molecule has 2 aromatic carbocycles. The first-order valence-corrected chi connectivity index (χ1v) is 7.42. The lowest BCUT2D eigenvalue weighted by Gasteiger charge is -2.10. The van der Waals surface area contributed by atoms with E-state index in [4.69, 9.17) is 4.74 Å². The molecule has 3 rings (SSSR count). The van der Waals surface area contributed by atoms with Crippen molar-refractivity contribution in [3.63, 3.8) is 0 Å². The van der Waals surface area contributed by atoms with Crippen LogP contribution in [0.5, 0.6) is 5.75 Å². The Morgan fingerprint density at radius 2 is 2.00 bits per heavy atom. The van der Waals surface area contributed by atoms with Gasteiger partial charge in [-0.15, -0.1) is 0 Å². The van der Waals surface area contributed by atoms with Crippen LogP contribution in [0.25, 0.3) is 0 Å². The summed E-state index contributed by atoms with van der Waals surface area (Å²) in [5.41, 5.74) is 3.96. The van der Waals surface area contributed by atoms with Crippen LogP contribution in [0.2, 0.25) is 0 Å². The first-order valence-electron chi connectivity index (χ1n) is 7.42. The third-order valence-corrected chi connectivity index (χ3v) is 3.91. The minimum atomic E-state index is -0.375. The quantitative estimate of drug-likeness (QED) is 0.936. The largest absolute Gasteiger partial charge is 0.484 e.